The van der Waals surface area contributed by atoms with E-state index in [1.165, 1.54) is 83.5 Å². The fourth-order valence-electron chi connectivity index (χ4n) is 4.97. The van der Waals surface area contributed by atoms with Crippen LogP contribution in [0.1, 0.15) is 144 Å². The molecule has 1 aliphatic rings. The van der Waals surface area contributed by atoms with E-state index in [0.717, 1.165) is 35.1 Å². The molecule has 3 atom stereocenters. The molecule has 0 aliphatic heterocycles. The van der Waals surface area contributed by atoms with Crippen LogP contribution < -0.4 is 0 Å². The lowest BCUT2D eigenvalue weighted by Gasteiger charge is -2.32. The first kappa shape index (κ1) is 29.4. The maximum atomic E-state index is 10.8. The van der Waals surface area contributed by atoms with Crippen molar-refractivity contribution < 1.29 is 15.3 Å². The van der Waals surface area contributed by atoms with Gasteiger partial charge in [0.05, 0.1) is 17.8 Å². The summed E-state index contributed by atoms with van der Waals surface area (Å²) in [5.41, 5.74) is 2.74. The van der Waals surface area contributed by atoms with Crippen LogP contribution in [0.2, 0.25) is 0 Å². The molecule has 0 unspecified atom stereocenters. The van der Waals surface area contributed by atoms with Gasteiger partial charge >= 0.3 is 0 Å². The van der Waals surface area contributed by atoms with Crippen molar-refractivity contribution in [3.63, 3.8) is 0 Å². The minimum atomic E-state index is -0.709. The van der Waals surface area contributed by atoms with Gasteiger partial charge in [0.1, 0.15) is 0 Å². The first-order chi connectivity index (χ1) is 15.2. The molecule has 0 fully saturated rings. The third-order valence-electron chi connectivity index (χ3n) is 7.69. The van der Waals surface area contributed by atoms with Crippen LogP contribution in [0.5, 0.6) is 0 Å². The van der Waals surface area contributed by atoms with Crippen LogP contribution in [0.25, 0.3) is 0 Å². The summed E-state index contributed by atoms with van der Waals surface area (Å²) in [4.78, 5) is 0. The van der Waals surface area contributed by atoms with Crippen LogP contribution in [-0.2, 0) is 0 Å². The molecular weight excluding hydrogens is 396 g/mol. The summed E-state index contributed by atoms with van der Waals surface area (Å²) in [5, 5.41) is 31.8. The van der Waals surface area contributed by atoms with E-state index < -0.39 is 17.8 Å². The zero-order chi connectivity index (χ0) is 24.0. The normalized spacial score (nSPS) is 21.4. The van der Waals surface area contributed by atoms with Crippen molar-refractivity contribution in [2.24, 2.45) is 0 Å². The van der Waals surface area contributed by atoms with E-state index in [0.29, 0.717) is 12.8 Å². The van der Waals surface area contributed by atoms with Crippen LogP contribution in [-0.4, -0.2) is 33.1 Å². The highest BCUT2D eigenvalue weighted by Gasteiger charge is 2.30. The molecule has 1 aliphatic carbocycles. The quantitative estimate of drug-likeness (QED) is 0.148. The van der Waals surface area contributed by atoms with Gasteiger partial charge in [-0.25, -0.2) is 0 Å². The maximum Gasteiger partial charge on any atom is 0.0965 e. The molecule has 0 amide bonds. The van der Waals surface area contributed by atoms with Gasteiger partial charge in [0.2, 0.25) is 0 Å². The first-order valence-corrected chi connectivity index (χ1v) is 13.7. The molecule has 1 rings (SSSR count). The Morgan fingerprint density at radius 2 is 1.00 bits per heavy atom. The van der Waals surface area contributed by atoms with Crippen molar-refractivity contribution in [3.05, 3.63) is 22.3 Å². The molecular formula is C29H54O3. The minimum absolute atomic E-state index is 0.593. The van der Waals surface area contributed by atoms with Crippen molar-refractivity contribution in [3.8, 4) is 0 Å². The molecule has 3 heteroatoms. The molecule has 0 heterocycles. The van der Waals surface area contributed by atoms with Crippen LogP contribution in [0.15, 0.2) is 22.3 Å². The molecule has 0 saturated carbocycles. The first-order valence-electron chi connectivity index (χ1n) is 13.7. The Balaban J connectivity index is 2.10. The van der Waals surface area contributed by atoms with Gasteiger partial charge in [-0.05, 0) is 69.2 Å². The van der Waals surface area contributed by atoms with E-state index in [-0.39, 0.29) is 0 Å². The third kappa shape index (κ3) is 11.0. The summed E-state index contributed by atoms with van der Waals surface area (Å²) < 4.78 is 0. The Kier molecular flexibility index (Phi) is 14.8. The Labute approximate surface area is 199 Å². The average Bonchev–Trinajstić information content (AvgIpc) is 2.76. The second-order valence-corrected chi connectivity index (χ2v) is 10.7. The summed E-state index contributed by atoms with van der Waals surface area (Å²) in [6, 6.07) is 0. The molecule has 0 radical (unpaired) electrons. The maximum absolute atomic E-state index is 10.8. The topological polar surface area (TPSA) is 60.7 Å². The van der Waals surface area contributed by atoms with E-state index in [1.54, 1.807) is 0 Å². The van der Waals surface area contributed by atoms with Crippen molar-refractivity contribution in [1.82, 2.24) is 0 Å². The Bertz CT molecular complexity index is 573. The number of aliphatic hydroxyl groups is 3. The molecule has 3 nitrogen and oxygen atoms in total. The lowest BCUT2D eigenvalue weighted by molar-refractivity contribution is 0.0379. The van der Waals surface area contributed by atoms with E-state index >= 15 is 0 Å². The molecule has 0 spiro atoms. The van der Waals surface area contributed by atoms with Gasteiger partial charge in [0.25, 0.3) is 0 Å². The highest BCUT2D eigenvalue weighted by molar-refractivity contribution is 5.41. The summed E-state index contributed by atoms with van der Waals surface area (Å²) >= 11 is 0. The molecule has 0 aromatic carbocycles. The molecule has 188 valence electrons. The Morgan fingerprint density at radius 1 is 0.594 bits per heavy atom. The van der Waals surface area contributed by atoms with Crippen LogP contribution in [0, 0.1) is 0 Å². The van der Waals surface area contributed by atoms with Crippen LogP contribution in [0.3, 0.4) is 0 Å². The second-order valence-electron chi connectivity index (χ2n) is 10.7. The molecule has 0 aromatic heterocycles. The largest absolute Gasteiger partial charge is 0.390 e. The zero-order valence-electron chi connectivity index (χ0n) is 22.0. The van der Waals surface area contributed by atoms with Gasteiger partial charge < -0.3 is 15.3 Å². The van der Waals surface area contributed by atoms with Gasteiger partial charge in [-0.3, -0.25) is 0 Å². The molecule has 32 heavy (non-hydrogen) atoms. The summed E-state index contributed by atoms with van der Waals surface area (Å²) in [6.45, 7) is 9.88. The highest BCUT2D eigenvalue weighted by Crippen LogP contribution is 2.34. The monoisotopic (exact) mass is 450 g/mol. The number of hydrogen-bond donors (Lipinski definition) is 3. The fourth-order valence-corrected chi connectivity index (χ4v) is 4.97. The second kappa shape index (κ2) is 16.1. The average molecular weight is 451 g/mol. The van der Waals surface area contributed by atoms with Crippen LogP contribution >= 0.6 is 0 Å². The number of unbranched alkanes of at least 4 members (excludes halogenated alkanes) is 13. The summed E-state index contributed by atoms with van der Waals surface area (Å²) in [7, 11) is 0. The van der Waals surface area contributed by atoms with Gasteiger partial charge in [0.15, 0.2) is 0 Å². The summed E-state index contributed by atoms with van der Waals surface area (Å²) in [6.07, 6.45) is 19.7. The highest BCUT2D eigenvalue weighted by atomic mass is 16.3. The SMILES string of the molecule is CCCCCCCCCCCCCCCC[C@@](C)(O)CCC1=C(C)[C@H](O)C(C)=C(C)[C@@H]1O. The lowest BCUT2D eigenvalue weighted by atomic mass is 9.80. The Hall–Kier alpha value is -0.640. The predicted octanol–water partition coefficient (Wildman–Crippen LogP) is 7.78. The molecule has 0 aromatic rings. The smallest absolute Gasteiger partial charge is 0.0965 e. The zero-order valence-corrected chi connectivity index (χ0v) is 22.0. The number of hydrogen-bond acceptors (Lipinski definition) is 3. The van der Waals surface area contributed by atoms with E-state index in [2.05, 4.69) is 6.92 Å². The molecule has 0 saturated heterocycles. The number of rotatable bonds is 18. The van der Waals surface area contributed by atoms with Gasteiger partial charge in [-0.2, -0.15) is 0 Å². The van der Waals surface area contributed by atoms with Gasteiger partial charge in [0, 0.05) is 0 Å². The van der Waals surface area contributed by atoms with E-state index in [9.17, 15) is 15.3 Å². The van der Waals surface area contributed by atoms with E-state index in [4.69, 9.17) is 0 Å². The lowest BCUT2D eigenvalue weighted by Crippen LogP contribution is -2.30. The molecule has 3 N–H and O–H groups in total. The van der Waals surface area contributed by atoms with Crippen molar-refractivity contribution in [1.29, 1.82) is 0 Å². The Morgan fingerprint density at radius 3 is 1.47 bits per heavy atom. The fraction of sp³-hybridized carbons (Fsp3) is 0.862. The summed E-state index contributed by atoms with van der Waals surface area (Å²) in [5.74, 6) is 0. The van der Waals surface area contributed by atoms with Gasteiger partial charge in [-0.1, -0.05) is 96.8 Å². The molecule has 0 bridgehead atoms. The predicted molar refractivity (Wildman–Crippen MR) is 138 cm³/mol. The van der Waals surface area contributed by atoms with Crippen molar-refractivity contribution in [2.75, 3.05) is 0 Å². The third-order valence-corrected chi connectivity index (χ3v) is 7.69. The number of aliphatic hydroxyl groups excluding tert-OH is 2. The van der Waals surface area contributed by atoms with E-state index in [1.807, 2.05) is 27.7 Å². The standard InChI is InChI=1S/C29H54O3/c1-6-7-8-9-10-11-12-13-14-15-16-17-18-19-21-29(5,32)22-20-26-25(4)27(30)23(2)24(3)28(26)31/h27-28,30-32H,6-22H2,1-5H3/t27-,28+,29-/m1/s1. The van der Waals surface area contributed by atoms with Gasteiger partial charge in [-0.15, -0.1) is 0 Å². The van der Waals surface area contributed by atoms with Crippen LogP contribution in [0.4, 0.5) is 0 Å². The van der Waals surface area contributed by atoms with Crippen molar-refractivity contribution in [2.45, 2.75) is 162 Å². The van der Waals surface area contributed by atoms with Crippen molar-refractivity contribution >= 4 is 0 Å². The minimum Gasteiger partial charge on any atom is -0.390 e.